The summed E-state index contributed by atoms with van der Waals surface area (Å²) in [4.78, 5) is 32.0. The summed E-state index contributed by atoms with van der Waals surface area (Å²) in [6.45, 7) is 0.941. The van der Waals surface area contributed by atoms with E-state index in [1.807, 2.05) is 31.1 Å². The van der Waals surface area contributed by atoms with Crippen LogP contribution in [0.3, 0.4) is 0 Å². The average Bonchev–Trinajstić information content (AvgIpc) is 2.95. The third-order valence-corrected chi connectivity index (χ3v) is 3.90. The van der Waals surface area contributed by atoms with E-state index in [-0.39, 0.29) is 11.9 Å². The zero-order valence-corrected chi connectivity index (χ0v) is 13.3. The maximum Gasteiger partial charge on any atom is 0.337 e. The highest BCUT2D eigenvalue weighted by atomic mass is 16.5. The molecule has 1 aromatic carbocycles. The van der Waals surface area contributed by atoms with Gasteiger partial charge in [0.25, 0.3) is 5.91 Å². The number of carbonyl (C=O) groups excluding carboxylic acids is 2. The van der Waals surface area contributed by atoms with Crippen LogP contribution in [0, 0.1) is 0 Å². The molecule has 2 heterocycles. The van der Waals surface area contributed by atoms with Gasteiger partial charge >= 0.3 is 5.97 Å². The Labute approximate surface area is 134 Å². The summed E-state index contributed by atoms with van der Waals surface area (Å²) in [6.07, 6.45) is 1.65. The third-order valence-electron chi connectivity index (χ3n) is 3.90. The van der Waals surface area contributed by atoms with Crippen molar-refractivity contribution in [3.8, 4) is 0 Å². The van der Waals surface area contributed by atoms with Crippen LogP contribution in [0.2, 0.25) is 0 Å². The molecule has 7 nitrogen and oxygen atoms in total. The summed E-state index contributed by atoms with van der Waals surface area (Å²) in [5.74, 6) is 0.287. The first kappa shape index (κ1) is 15.1. The van der Waals surface area contributed by atoms with Crippen molar-refractivity contribution < 1.29 is 14.3 Å². The van der Waals surface area contributed by atoms with Crippen LogP contribution >= 0.6 is 0 Å². The minimum Gasteiger partial charge on any atom is -0.465 e. The standard InChI is InChI=1S/C16H18N4O3/c1-18-9-17-14-13(18)15(21)20(10-19(14)2)8-11-4-6-12(7-5-11)16(22)23-3/h4-7,9H,8,10H2,1-3H3. The van der Waals surface area contributed by atoms with Gasteiger partial charge in [0.2, 0.25) is 0 Å². The molecule has 0 bridgehead atoms. The van der Waals surface area contributed by atoms with Crippen LogP contribution in [-0.2, 0) is 18.3 Å². The number of amides is 1. The van der Waals surface area contributed by atoms with E-state index in [9.17, 15) is 9.59 Å². The summed E-state index contributed by atoms with van der Waals surface area (Å²) < 4.78 is 6.42. The van der Waals surface area contributed by atoms with E-state index in [0.29, 0.717) is 30.3 Å². The maximum absolute atomic E-state index is 12.6. The monoisotopic (exact) mass is 314 g/mol. The second-order valence-electron chi connectivity index (χ2n) is 5.56. The molecule has 120 valence electrons. The van der Waals surface area contributed by atoms with Crippen molar-refractivity contribution in [1.82, 2.24) is 14.5 Å². The lowest BCUT2D eigenvalue weighted by atomic mass is 10.1. The Morgan fingerprint density at radius 1 is 1.26 bits per heavy atom. The van der Waals surface area contributed by atoms with Crippen molar-refractivity contribution in [3.05, 3.63) is 47.4 Å². The van der Waals surface area contributed by atoms with E-state index >= 15 is 0 Å². The lowest BCUT2D eigenvalue weighted by Crippen LogP contribution is -2.45. The quantitative estimate of drug-likeness (QED) is 0.798. The van der Waals surface area contributed by atoms with Gasteiger partial charge in [-0.2, -0.15) is 0 Å². The van der Waals surface area contributed by atoms with Crippen molar-refractivity contribution >= 4 is 17.7 Å². The van der Waals surface area contributed by atoms with Crippen LogP contribution in [0.15, 0.2) is 30.6 Å². The van der Waals surface area contributed by atoms with Crippen molar-refractivity contribution in [2.24, 2.45) is 7.05 Å². The average molecular weight is 314 g/mol. The molecule has 0 fully saturated rings. The number of hydrogen-bond acceptors (Lipinski definition) is 5. The smallest absolute Gasteiger partial charge is 0.337 e. The summed E-state index contributed by atoms with van der Waals surface area (Å²) in [5.41, 5.74) is 2.03. The largest absolute Gasteiger partial charge is 0.465 e. The van der Waals surface area contributed by atoms with Gasteiger partial charge in [0.1, 0.15) is 0 Å². The lowest BCUT2D eigenvalue weighted by molar-refractivity contribution is 0.0600. The molecule has 1 aliphatic heterocycles. The first-order chi connectivity index (χ1) is 11.0. The highest BCUT2D eigenvalue weighted by molar-refractivity contribution is 5.99. The summed E-state index contributed by atoms with van der Waals surface area (Å²) in [5, 5.41) is 0. The molecule has 1 aromatic heterocycles. The molecule has 0 N–H and O–H groups in total. The van der Waals surface area contributed by atoms with Crippen molar-refractivity contribution in [1.29, 1.82) is 0 Å². The fourth-order valence-corrected chi connectivity index (χ4v) is 2.69. The number of esters is 1. The molecule has 1 aliphatic rings. The topological polar surface area (TPSA) is 67.7 Å². The zero-order chi connectivity index (χ0) is 16.6. The molecule has 0 saturated heterocycles. The number of hydrogen-bond donors (Lipinski definition) is 0. The van der Waals surface area contributed by atoms with Crippen LogP contribution in [0.1, 0.15) is 26.4 Å². The predicted molar refractivity (Wildman–Crippen MR) is 84.1 cm³/mol. The van der Waals surface area contributed by atoms with Gasteiger partial charge in [0.15, 0.2) is 11.5 Å². The molecule has 2 aromatic rings. The van der Waals surface area contributed by atoms with Crippen LogP contribution < -0.4 is 4.90 Å². The minimum absolute atomic E-state index is 0.0462. The van der Waals surface area contributed by atoms with E-state index in [1.165, 1.54) is 7.11 Å². The SMILES string of the molecule is COC(=O)c1ccc(CN2CN(C)c3ncn(C)c3C2=O)cc1. The van der Waals surface area contributed by atoms with Gasteiger partial charge in [-0.15, -0.1) is 0 Å². The van der Waals surface area contributed by atoms with Crippen molar-refractivity contribution in [3.63, 3.8) is 0 Å². The number of imidazole rings is 1. The van der Waals surface area contributed by atoms with Gasteiger partial charge in [0.05, 0.1) is 25.7 Å². The lowest BCUT2D eigenvalue weighted by Gasteiger charge is -2.33. The maximum atomic E-state index is 12.6. The zero-order valence-electron chi connectivity index (χ0n) is 13.3. The van der Waals surface area contributed by atoms with E-state index in [1.54, 1.807) is 27.9 Å². The van der Waals surface area contributed by atoms with E-state index < -0.39 is 0 Å². The molecular weight excluding hydrogens is 296 g/mol. The van der Waals surface area contributed by atoms with Gasteiger partial charge in [0, 0.05) is 20.6 Å². The van der Waals surface area contributed by atoms with E-state index in [2.05, 4.69) is 9.72 Å². The molecular formula is C16H18N4O3. The van der Waals surface area contributed by atoms with Crippen molar-refractivity contribution in [2.75, 3.05) is 25.7 Å². The Kier molecular flexibility index (Phi) is 3.77. The number of rotatable bonds is 3. The number of nitrogens with zero attached hydrogens (tertiary/aromatic N) is 4. The number of benzene rings is 1. The predicted octanol–water partition coefficient (Wildman–Crippen LogP) is 1.26. The Bertz CT molecular complexity index is 751. The number of fused-ring (bicyclic) bond motifs is 1. The molecule has 1 amide bonds. The first-order valence-electron chi connectivity index (χ1n) is 7.20. The first-order valence-corrected chi connectivity index (χ1v) is 7.20. The number of aryl methyl sites for hydroxylation is 1. The van der Waals surface area contributed by atoms with E-state index in [0.717, 1.165) is 5.56 Å². The third kappa shape index (κ3) is 2.65. The van der Waals surface area contributed by atoms with Gasteiger partial charge in [-0.25, -0.2) is 9.78 Å². The second-order valence-corrected chi connectivity index (χ2v) is 5.56. The number of carbonyl (C=O) groups is 2. The fraction of sp³-hybridized carbons (Fsp3) is 0.312. The molecule has 7 heteroatoms. The highest BCUT2D eigenvalue weighted by Gasteiger charge is 2.31. The summed E-state index contributed by atoms with van der Waals surface area (Å²) in [6, 6.07) is 7.07. The molecule has 0 atom stereocenters. The Morgan fingerprint density at radius 2 is 1.96 bits per heavy atom. The second kappa shape index (κ2) is 5.75. The van der Waals surface area contributed by atoms with Gasteiger partial charge in [-0.1, -0.05) is 12.1 Å². The van der Waals surface area contributed by atoms with E-state index in [4.69, 9.17) is 0 Å². The molecule has 0 saturated carbocycles. The molecule has 0 unspecified atom stereocenters. The Hall–Kier alpha value is -2.83. The fourth-order valence-electron chi connectivity index (χ4n) is 2.69. The Morgan fingerprint density at radius 3 is 2.61 bits per heavy atom. The van der Waals surface area contributed by atoms with Crippen LogP contribution in [0.5, 0.6) is 0 Å². The molecule has 0 aliphatic carbocycles. The molecule has 23 heavy (non-hydrogen) atoms. The normalized spacial score (nSPS) is 14.0. The molecule has 0 radical (unpaired) electrons. The molecule has 3 rings (SSSR count). The summed E-state index contributed by atoms with van der Waals surface area (Å²) in [7, 11) is 5.07. The van der Waals surface area contributed by atoms with Crippen LogP contribution in [0.25, 0.3) is 0 Å². The number of ether oxygens (including phenoxy) is 1. The van der Waals surface area contributed by atoms with Gasteiger partial charge in [-0.3, -0.25) is 4.79 Å². The number of aromatic nitrogens is 2. The number of methoxy groups -OCH3 is 1. The van der Waals surface area contributed by atoms with Crippen LogP contribution in [0.4, 0.5) is 5.82 Å². The summed E-state index contributed by atoms with van der Waals surface area (Å²) >= 11 is 0. The van der Waals surface area contributed by atoms with Gasteiger partial charge < -0.3 is 19.1 Å². The van der Waals surface area contributed by atoms with Crippen molar-refractivity contribution in [2.45, 2.75) is 6.54 Å². The minimum atomic E-state index is -0.371. The number of anilines is 1. The van der Waals surface area contributed by atoms with Crippen LogP contribution in [-0.4, -0.2) is 47.2 Å². The van der Waals surface area contributed by atoms with Gasteiger partial charge in [-0.05, 0) is 17.7 Å². The highest BCUT2D eigenvalue weighted by Crippen LogP contribution is 2.25. The Balaban J connectivity index is 1.80. The molecule has 0 spiro atoms.